The van der Waals surface area contributed by atoms with E-state index in [0.717, 1.165) is 28.0 Å². The summed E-state index contributed by atoms with van der Waals surface area (Å²) >= 11 is 0.866. The fourth-order valence-electron chi connectivity index (χ4n) is 2.43. The molecule has 138 valence electrons. The lowest BCUT2D eigenvalue weighted by Gasteiger charge is -2.07. The summed E-state index contributed by atoms with van der Waals surface area (Å²) in [4.78, 5) is 22.6. The zero-order chi connectivity index (χ0) is 19.1. The lowest BCUT2D eigenvalue weighted by molar-refractivity contribution is -0.380. The highest BCUT2D eigenvalue weighted by atomic mass is 32.1. The van der Waals surface area contributed by atoms with Crippen LogP contribution in [0.3, 0.4) is 0 Å². The van der Waals surface area contributed by atoms with Gasteiger partial charge in [-0.2, -0.15) is 0 Å². The van der Waals surface area contributed by atoms with Crippen LogP contribution < -0.4 is 5.32 Å². The number of carbonyl (C=O) groups excluding carboxylic acids is 1. The molecule has 0 atom stereocenters. The summed E-state index contributed by atoms with van der Waals surface area (Å²) in [6.45, 7) is 1.43. The standard InChI is InChI=1S/C20H18N2O4S/c23-20(18-10-11-19(27-18)22(24)25)21-12-15-6-8-17(9-7-15)14-26-13-16-4-2-1-3-5-16/h1-11H,12-14H2,(H,21,23). The van der Waals surface area contributed by atoms with E-state index in [4.69, 9.17) is 4.74 Å². The van der Waals surface area contributed by atoms with E-state index < -0.39 is 4.92 Å². The fourth-order valence-corrected chi connectivity index (χ4v) is 3.17. The van der Waals surface area contributed by atoms with Crippen LogP contribution in [0, 0.1) is 10.1 Å². The van der Waals surface area contributed by atoms with E-state index in [0.29, 0.717) is 24.6 Å². The Balaban J connectivity index is 1.45. The van der Waals surface area contributed by atoms with Gasteiger partial charge < -0.3 is 10.1 Å². The van der Waals surface area contributed by atoms with Gasteiger partial charge in [-0.15, -0.1) is 0 Å². The molecule has 0 unspecified atom stereocenters. The number of ether oxygens (including phenoxy) is 1. The molecule has 6 nitrogen and oxygen atoms in total. The molecule has 0 spiro atoms. The van der Waals surface area contributed by atoms with Crippen molar-refractivity contribution in [2.75, 3.05) is 0 Å². The molecule has 1 aromatic heterocycles. The molecule has 3 rings (SSSR count). The number of nitrogens with zero attached hydrogens (tertiary/aromatic N) is 1. The lowest BCUT2D eigenvalue weighted by Crippen LogP contribution is -2.21. The number of hydrogen-bond acceptors (Lipinski definition) is 5. The van der Waals surface area contributed by atoms with Gasteiger partial charge in [0.05, 0.1) is 23.0 Å². The van der Waals surface area contributed by atoms with Crippen molar-refractivity contribution >= 4 is 22.2 Å². The Morgan fingerprint density at radius 3 is 2.19 bits per heavy atom. The minimum atomic E-state index is -0.500. The van der Waals surface area contributed by atoms with Crippen LogP contribution >= 0.6 is 11.3 Å². The molecule has 1 N–H and O–H groups in total. The van der Waals surface area contributed by atoms with Crippen LogP contribution in [-0.2, 0) is 24.5 Å². The van der Waals surface area contributed by atoms with Crippen LogP contribution in [0.5, 0.6) is 0 Å². The van der Waals surface area contributed by atoms with E-state index in [2.05, 4.69) is 5.32 Å². The Hall–Kier alpha value is -3.03. The van der Waals surface area contributed by atoms with Crippen molar-refractivity contribution < 1.29 is 14.5 Å². The molecule has 0 fully saturated rings. The van der Waals surface area contributed by atoms with E-state index in [9.17, 15) is 14.9 Å². The quantitative estimate of drug-likeness (QED) is 0.465. The van der Waals surface area contributed by atoms with Crippen LogP contribution in [0.2, 0.25) is 0 Å². The summed E-state index contributed by atoms with van der Waals surface area (Å²) in [5, 5.41) is 13.4. The third kappa shape index (κ3) is 5.47. The minimum Gasteiger partial charge on any atom is -0.372 e. The first-order valence-corrected chi connectivity index (χ1v) is 9.15. The SMILES string of the molecule is O=C(NCc1ccc(COCc2ccccc2)cc1)c1ccc([N+](=O)[O-])s1. The molecule has 0 saturated carbocycles. The van der Waals surface area contributed by atoms with Crippen LogP contribution in [0.15, 0.2) is 66.7 Å². The van der Waals surface area contributed by atoms with Crippen molar-refractivity contribution in [1.82, 2.24) is 5.32 Å². The number of nitro groups is 1. The maximum absolute atomic E-state index is 12.1. The van der Waals surface area contributed by atoms with Gasteiger partial charge >= 0.3 is 5.00 Å². The monoisotopic (exact) mass is 382 g/mol. The summed E-state index contributed by atoms with van der Waals surface area (Å²) in [5.74, 6) is -0.316. The van der Waals surface area contributed by atoms with Gasteiger partial charge in [0.15, 0.2) is 0 Å². The zero-order valence-electron chi connectivity index (χ0n) is 14.5. The smallest absolute Gasteiger partial charge is 0.324 e. The summed E-state index contributed by atoms with van der Waals surface area (Å²) in [6.07, 6.45) is 0. The second kappa shape index (κ2) is 9.07. The molecule has 3 aromatic rings. The van der Waals surface area contributed by atoms with E-state index in [-0.39, 0.29) is 10.9 Å². The van der Waals surface area contributed by atoms with Gasteiger partial charge in [0.25, 0.3) is 5.91 Å². The predicted octanol–water partition coefficient (Wildman–Crippen LogP) is 4.30. The Bertz CT molecular complexity index is 907. The largest absolute Gasteiger partial charge is 0.372 e. The summed E-state index contributed by atoms with van der Waals surface area (Å²) in [5.41, 5.74) is 3.13. The number of thiophene rings is 1. The maximum atomic E-state index is 12.1. The lowest BCUT2D eigenvalue weighted by atomic mass is 10.1. The Labute approximate surface area is 160 Å². The van der Waals surface area contributed by atoms with E-state index in [1.807, 2.05) is 54.6 Å². The van der Waals surface area contributed by atoms with Crippen molar-refractivity contribution in [3.63, 3.8) is 0 Å². The van der Waals surface area contributed by atoms with Crippen molar-refractivity contribution in [1.29, 1.82) is 0 Å². The third-order valence-corrected chi connectivity index (χ3v) is 4.89. The van der Waals surface area contributed by atoms with Crippen LogP contribution in [0.4, 0.5) is 5.00 Å². The van der Waals surface area contributed by atoms with E-state index in [1.54, 1.807) is 0 Å². The molecule has 0 aliphatic rings. The van der Waals surface area contributed by atoms with Crippen molar-refractivity contribution in [2.45, 2.75) is 19.8 Å². The summed E-state index contributed by atoms with van der Waals surface area (Å²) in [7, 11) is 0. The predicted molar refractivity (Wildman–Crippen MR) is 104 cm³/mol. The van der Waals surface area contributed by atoms with Crippen LogP contribution in [0.25, 0.3) is 0 Å². The second-order valence-electron chi connectivity index (χ2n) is 5.87. The summed E-state index contributed by atoms with van der Waals surface area (Å²) < 4.78 is 5.70. The van der Waals surface area contributed by atoms with Gasteiger partial charge in [-0.05, 0) is 22.8 Å². The van der Waals surface area contributed by atoms with Crippen LogP contribution in [-0.4, -0.2) is 10.8 Å². The average molecular weight is 382 g/mol. The fraction of sp³-hybridized carbons (Fsp3) is 0.150. The number of carbonyl (C=O) groups is 1. The van der Waals surface area contributed by atoms with Crippen molar-refractivity contribution in [3.8, 4) is 0 Å². The molecule has 27 heavy (non-hydrogen) atoms. The third-order valence-electron chi connectivity index (χ3n) is 3.85. The topological polar surface area (TPSA) is 81.5 Å². The van der Waals surface area contributed by atoms with Gasteiger partial charge in [-0.1, -0.05) is 65.9 Å². The van der Waals surface area contributed by atoms with Gasteiger partial charge in [-0.3, -0.25) is 14.9 Å². The van der Waals surface area contributed by atoms with E-state index >= 15 is 0 Å². The molecule has 1 amide bonds. The first-order valence-electron chi connectivity index (χ1n) is 8.34. The first kappa shape index (κ1) is 18.8. The summed E-state index contributed by atoms with van der Waals surface area (Å²) in [6, 6.07) is 20.6. The molecule has 1 heterocycles. The first-order chi connectivity index (χ1) is 13.1. The highest BCUT2D eigenvalue weighted by Crippen LogP contribution is 2.23. The Kier molecular flexibility index (Phi) is 6.30. The molecule has 0 aliphatic heterocycles. The number of nitrogens with one attached hydrogen (secondary N) is 1. The molecule has 0 saturated heterocycles. The second-order valence-corrected chi connectivity index (χ2v) is 6.93. The van der Waals surface area contributed by atoms with Crippen molar-refractivity contribution in [2.24, 2.45) is 0 Å². The van der Waals surface area contributed by atoms with Gasteiger partial charge in [0.2, 0.25) is 0 Å². The normalized spacial score (nSPS) is 10.5. The number of amides is 1. The molecule has 0 aliphatic carbocycles. The number of hydrogen-bond donors (Lipinski definition) is 1. The van der Waals surface area contributed by atoms with Gasteiger partial charge in [0.1, 0.15) is 0 Å². The Morgan fingerprint density at radius 2 is 1.56 bits per heavy atom. The van der Waals surface area contributed by atoms with Crippen molar-refractivity contribution in [3.05, 3.63) is 98.4 Å². The van der Waals surface area contributed by atoms with Gasteiger partial charge in [-0.25, -0.2) is 0 Å². The molecule has 0 bridgehead atoms. The average Bonchev–Trinajstić information content (AvgIpc) is 3.19. The molecule has 7 heteroatoms. The number of rotatable bonds is 8. The van der Waals surface area contributed by atoms with Gasteiger partial charge in [0, 0.05) is 12.6 Å². The molecule has 2 aromatic carbocycles. The maximum Gasteiger partial charge on any atom is 0.324 e. The van der Waals surface area contributed by atoms with Crippen LogP contribution in [0.1, 0.15) is 26.4 Å². The minimum absolute atomic E-state index is 0.0417. The molecule has 0 radical (unpaired) electrons. The highest BCUT2D eigenvalue weighted by Gasteiger charge is 2.14. The number of benzene rings is 2. The highest BCUT2D eigenvalue weighted by molar-refractivity contribution is 7.17. The Morgan fingerprint density at radius 1 is 0.926 bits per heavy atom. The van der Waals surface area contributed by atoms with E-state index in [1.165, 1.54) is 12.1 Å². The zero-order valence-corrected chi connectivity index (χ0v) is 15.3. The molecular formula is C20H18N2O4S. The molecular weight excluding hydrogens is 364 g/mol.